The lowest BCUT2D eigenvalue weighted by Crippen LogP contribution is -2.32. The summed E-state index contributed by atoms with van der Waals surface area (Å²) >= 11 is 0. The first-order chi connectivity index (χ1) is 14.9. The van der Waals surface area contributed by atoms with Gasteiger partial charge in [0.05, 0.1) is 12.8 Å². The minimum absolute atomic E-state index is 0.306. The molecule has 1 aromatic heterocycles. The molecule has 0 radical (unpaired) electrons. The van der Waals surface area contributed by atoms with E-state index in [1.807, 2.05) is 31.4 Å². The van der Waals surface area contributed by atoms with Crippen LogP contribution in [0.1, 0.15) is 23.9 Å². The van der Waals surface area contributed by atoms with Crippen molar-refractivity contribution in [3.8, 4) is 11.4 Å². The van der Waals surface area contributed by atoms with Crippen LogP contribution in [0.4, 0.5) is 10.1 Å². The number of hydrogen-bond acceptors (Lipinski definition) is 4. The minimum Gasteiger partial charge on any atom is -0.494 e. The number of aryl methyl sites for hydroxylation is 1. The number of halogens is 1. The van der Waals surface area contributed by atoms with Gasteiger partial charge < -0.3 is 14.6 Å². The second-order valence-electron chi connectivity index (χ2n) is 6.75. The van der Waals surface area contributed by atoms with Crippen molar-refractivity contribution in [3.05, 3.63) is 77.4 Å². The van der Waals surface area contributed by atoms with Crippen LogP contribution in [-0.4, -0.2) is 29.2 Å². The van der Waals surface area contributed by atoms with Gasteiger partial charge in [0.25, 0.3) is 0 Å². The van der Waals surface area contributed by atoms with Gasteiger partial charge in [0, 0.05) is 28.3 Å². The Bertz CT molecular complexity index is 1100. The van der Waals surface area contributed by atoms with Crippen LogP contribution in [0.25, 0.3) is 5.69 Å². The van der Waals surface area contributed by atoms with E-state index in [1.54, 1.807) is 36.4 Å². The zero-order chi connectivity index (χ0) is 22.4. The largest absolute Gasteiger partial charge is 0.494 e. The number of carbonyl (C=O) groups is 2. The first-order valence-electron chi connectivity index (χ1n) is 9.71. The van der Waals surface area contributed by atoms with Crippen molar-refractivity contribution in [2.24, 2.45) is 5.10 Å². The molecule has 0 unspecified atom stereocenters. The fraction of sp³-hybridized carbons (Fsp3) is 0.174. The van der Waals surface area contributed by atoms with Crippen LogP contribution in [0.3, 0.4) is 0 Å². The zero-order valence-corrected chi connectivity index (χ0v) is 17.5. The molecule has 1 heterocycles. The number of hydrogen-bond donors (Lipinski definition) is 2. The maximum atomic E-state index is 13.2. The lowest BCUT2D eigenvalue weighted by molar-refractivity contribution is -0.136. The highest BCUT2D eigenvalue weighted by atomic mass is 19.1. The summed E-state index contributed by atoms with van der Waals surface area (Å²) in [7, 11) is 0. The van der Waals surface area contributed by atoms with Crippen LogP contribution >= 0.6 is 0 Å². The second-order valence-corrected chi connectivity index (χ2v) is 6.75. The number of hydrazone groups is 1. The summed E-state index contributed by atoms with van der Waals surface area (Å²) < 4.78 is 20.5. The van der Waals surface area contributed by atoms with Crippen LogP contribution in [-0.2, 0) is 9.59 Å². The molecule has 2 amide bonds. The smallest absolute Gasteiger partial charge is 0.329 e. The SMILES string of the molecule is CCOc1ccc(NC(=O)C(=O)N/N=C\c2cc(C)n(-c3ccc(F)cc3)c2C)cc1. The number of carbonyl (C=O) groups excluding carboxylic acids is 2. The molecule has 0 bridgehead atoms. The molecule has 0 aliphatic carbocycles. The first kappa shape index (κ1) is 21.8. The molecule has 0 atom stereocenters. The Morgan fingerprint density at radius 2 is 1.74 bits per heavy atom. The summed E-state index contributed by atoms with van der Waals surface area (Å²) in [6.07, 6.45) is 1.46. The summed E-state index contributed by atoms with van der Waals surface area (Å²) in [6, 6.07) is 14.7. The lowest BCUT2D eigenvalue weighted by atomic mass is 10.2. The molecule has 31 heavy (non-hydrogen) atoms. The van der Waals surface area contributed by atoms with Gasteiger partial charge in [-0.25, -0.2) is 9.82 Å². The number of nitrogens with one attached hydrogen (secondary N) is 2. The Morgan fingerprint density at radius 3 is 2.39 bits per heavy atom. The van der Waals surface area contributed by atoms with E-state index in [-0.39, 0.29) is 5.82 Å². The quantitative estimate of drug-likeness (QED) is 0.361. The Kier molecular flexibility index (Phi) is 6.81. The number of ether oxygens (including phenoxy) is 1. The maximum absolute atomic E-state index is 13.2. The number of rotatable bonds is 6. The average molecular weight is 422 g/mol. The molecule has 0 saturated carbocycles. The Hall–Kier alpha value is -3.94. The van der Waals surface area contributed by atoms with Gasteiger partial charge in [0.15, 0.2) is 0 Å². The molecule has 0 saturated heterocycles. The standard InChI is InChI=1S/C23H23FN4O3/c1-4-31-21-11-7-19(8-12-21)26-22(29)23(30)27-25-14-17-13-15(2)28(16(17)3)20-9-5-18(24)6-10-20/h5-14H,4H2,1-3H3,(H,26,29)(H,27,30)/b25-14-. The van der Waals surface area contributed by atoms with Crippen LogP contribution in [0.5, 0.6) is 5.75 Å². The second kappa shape index (κ2) is 9.71. The van der Waals surface area contributed by atoms with E-state index in [0.29, 0.717) is 18.0 Å². The minimum atomic E-state index is -0.891. The van der Waals surface area contributed by atoms with E-state index in [9.17, 15) is 14.0 Å². The summed E-state index contributed by atoms with van der Waals surface area (Å²) in [5.41, 5.74) is 6.05. The number of anilines is 1. The van der Waals surface area contributed by atoms with Crippen LogP contribution < -0.4 is 15.5 Å². The Morgan fingerprint density at radius 1 is 1.06 bits per heavy atom. The molecule has 2 N–H and O–H groups in total. The zero-order valence-electron chi connectivity index (χ0n) is 17.5. The van der Waals surface area contributed by atoms with E-state index in [2.05, 4.69) is 15.8 Å². The summed E-state index contributed by atoms with van der Waals surface area (Å²) in [4.78, 5) is 24.1. The topological polar surface area (TPSA) is 84.7 Å². The van der Waals surface area contributed by atoms with Crippen molar-refractivity contribution in [2.75, 3.05) is 11.9 Å². The van der Waals surface area contributed by atoms with E-state index >= 15 is 0 Å². The van der Waals surface area contributed by atoms with Crippen molar-refractivity contribution in [3.63, 3.8) is 0 Å². The molecule has 0 fully saturated rings. The maximum Gasteiger partial charge on any atom is 0.329 e. The molecule has 8 heteroatoms. The lowest BCUT2D eigenvalue weighted by Gasteiger charge is -2.09. The molecule has 3 rings (SSSR count). The predicted octanol–water partition coefficient (Wildman–Crippen LogP) is 3.72. The average Bonchev–Trinajstić information content (AvgIpc) is 3.03. The highest BCUT2D eigenvalue weighted by Crippen LogP contribution is 2.20. The van der Waals surface area contributed by atoms with Crippen LogP contribution in [0.2, 0.25) is 0 Å². The molecule has 0 aliphatic rings. The monoisotopic (exact) mass is 422 g/mol. The molecular formula is C23H23FN4O3. The Labute approximate surface area is 179 Å². The predicted molar refractivity (Wildman–Crippen MR) is 117 cm³/mol. The molecule has 3 aromatic rings. The molecule has 7 nitrogen and oxygen atoms in total. The van der Waals surface area contributed by atoms with E-state index in [1.165, 1.54) is 18.3 Å². The first-order valence-corrected chi connectivity index (χ1v) is 9.71. The van der Waals surface area contributed by atoms with E-state index < -0.39 is 11.8 Å². The van der Waals surface area contributed by atoms with Gasteiger partial charge in [0.2, 0.25) is 0 Å². The van der Waals surface area contributed by atoms with Crippen molar-refractivity contribution in [1.82, 2.24) is 9.99 Å². The van der Waals surface area contributed by atoms with Gasteiger partial charge in [-0.15, -0.1) is 0 Å². The highest BCUT2D eigenvalue weighted by molar-refractivity contribution is 6.39. The highest BCUT2D eigenvalue weighted by Gasteiger charge is 2.14. The molecule has 0 aliphatic heterocycles. The van der Waals surface area contributed by atoms with Crippen LogP contribution in [0.15, 0.2) is 59.7 Å². The molecular weight excluding hydrogens is 399 g/mol. The van der Waals surface area contributed by atoms with E-state index in [0.717, 1.165) is 22.6 Å². The van der Waals surface area contributed by atoms with Gasteiger partial charge in [0.1, 0.15) is 11.6 Å². The number of nitrogens with zero attached hydrogens (tertiary/aromatic N) is 2. The van der Waals surface area contributed by atoms with Gasteiger partial charge in [-0.3, -0.25) is 9.59 Å². The van der Waals surface area contributed by atoms with Crippen molar-refractivity contribution in [2.45, 2.75) is 20.8 Å². The van der Waals surface area contributed by atoms with Gasteiger partial charge in [-0.05, 0) is 75.4 Å². The Balaban J connectivity index is 1.62. The summed E-state index contributed by atoms with van der Waals surface area (Å²) in [5.74, 6) is -1.36. The summed E-state index contributed by atoms with van der Waals surface area (Å²) in [5, 5.41) is 6.38. The van der Waals surface area contributed by atoms with Gasteiger partial charge >= 0.3 is 11.8 Å². The number of aromatic nitrogens is 1. The normalized spacial score (nSPS) is 10.8. The van der Waals surface area contributed by atoms with Crippen LogP contribution in [0, 0.1) is 19.7 Å². The van der Waals surface area contributed by atoms with Gasteiger partial charge in [-0.2, -0.15) is 5.10 Å². The third kappa shape index (κ3) is 5.36. The molecule has 160 valence electrons. The fourth-order valence-corrected chi connectivity index (χ4v) is 3.11. The van der Waals surface area contributed by atoms with Crippen molar-refractivity contribution < 1.29 is 18.7 Å². The summed E-state index contributed by atoms with van der Waals surface area (Å²) in [6.45, 7) is 6.22. The third-order valence-corrected chi connectivity index (χ3v) is 4.55. The number of benzene rings is 2. The molecule has 0 spiro atoms. The third-order valence-electron chi connectivity index (χ3n) is 4.55. The number of amides is 2. The van der Waals surface area contributed by atoms with Crippen molar-refractivity contribution in [1.29, 1.82) is 0 Å². The van der Waals surface area contributed by atoms with Gasteiger partial charge in [-0.1, -0.05) is 0 Å². The van der Waals surface area contributed by atoms with E-state index in [4.69, 9.17) is 4.74 Å². The van der Waals surface area contributed by atoms with Crippen molar-refractivity contribution >= 4 is 23.7 Å². The fourth-order valence-electron chi connectivity index (χ4n) is 3.11. The molecule has 2 aromatic carbocycles.